The third-order valence-electron chi connectivity index (χ3n) is 1.85. The number of carbonyl (C=O) groups is 1. The Morgan fingerprint density at radius 2 is 1.93 bits per heavy atom. The Hall–Kier alpha value is -1.71. The number of methoxy groups -OCH3 is 2. The molecule has 0 bridgehead atoms. The van der Waals surface area contributed by atoms with Crippen LogP contribution >= 0.6 is 0 Å². The first-order chi connectivity index (χ1) is 7.22. The number of hydrogen-bond donors (Lipinski definition) is 0. The van der Waals surface area contributed by atoms with Gasteiger partial charge in [-0.1, -0.05) is 0 Å². The van der Waals surface area contributed by atoms with Crippen LogP contribution in [0.15, 0.2) is 18.2 Å². The second kappa shape index (κ2) is 5.24. The lowest BCUT2D eigenvalue weighted by molar-refractivity contribution is 0.0547. The van der Waals surface area contributed by atoms with E-state index >= 15 is 0 Å². The van der Waals surface area contributed by atoms with Gasteiger partial charge in [0.15, 0.2) is 11.5 Å². The van der Waals surface area contributed by atoms with Crippen LogP contribution in [0.1, 0.15) is 10.4 Å². The maximum Gasteiger partial charge on any atom is 0.338 e. The van der Waals surface area contributed by atoms with E-state index in [-0.39, 0.29) is 6.61 Å². The molecular formula is C11H13O4. The van der Waals surface area contributed by atoms with Crippen molar-refractivity contribution in [3.63, 3.8) is 0 Å². The molecule has 0 heterocycles. The number of hydrogen-bond acceptors (Lipinski definition) is 4. The molecule has 4 nitrogen and oxygen atoms in total. The van der Waals surface area contributed by atoms with E-state index in [4.69, 9.17) is 14.2 Å². The summed E-state index contributed by atoms with van der Waals surface area (Å²) in [4.78, 5) is 11.4. The van der Waals surface area contributed by atoms with Gasteiger partial charge in [-0.3, -0.25) is 0 Å². The van der Waals surface area contributed by atoms with Gasteiger partial charge in [0.25, 0.3) is 0 Å². The topological polar surface area (TPSA) is 44.8 Å². The molecule has 0 fully saturated rings. The zero-order chi connectivity index (χ0) is 11.3. The van der Waals surface area contributed by atoms with Crippen LogP contribution in [-0.4, -0.2) is 26.8 Å². The predicted molar refractivity (Wildman–Crippen MR) is 55.2 cm³/mol. The Balaban J connectivity index is 2.97. The van der Waals surface area contributed by atoms with Gasteiger partial charge in [-0.2, -0.15) is 0 Å². The lowest BCUT2D eigenvalue weighted by Crippen LogP contribution is -2.05. The van der Waals surface area contributed by atoms with Crippen molar-refractivity contribution >= 4 is 5.97 Å². The third kappa shape index (κ3) is 2.62. The summed E-state index contributed by atoms with van der Waals surface area (Å²) < 4.78 is 14.9. The molecule has 0 unspecified atom stereocenters. The summed E-state index contributed by atoms with van der Waals surface area (Å²) in [6, 6.07) is 4.83. The Morgan fingerprint density at radius 3 is 2.47 bits per heavy atom. The molecule has 0 spiro atoms. The van der Waals surface area contributed by atoms with E-state index in [0.29, 0.717) is 17.1 Å². The van der Waals surface area contributed by atoms with Crippen LogP contribution < -0.4 is 9.47 Å². The highest BCUT2D eigenvalue weighted by Gasteiger charge is 2.10. The normalized spacial score (nSPS) is 9.53. The van der Waals surface area contributed by atoms with Gasteiger partial charge >= 0.3 is 5.97 Å². The quantitative estimate of drug-likeness (QED) is 0.708. The molecule has 0 saturated carbocycles. The highest BCUT2D eigenvalue weighted by Crippen LogP contribution is 2.27. The van der Waals surface area contributed by atoms with E-state index in [1.165, 1.54) is 14.2 Å². The molecule has 0 aromatic heterocycles. The van der Waals surface area contributed by atoms with E-state index in [1.54, 1.807) is 18.2 Å². The van der Waals surface area contributed by atoms with Crippen molar-refractivity contribution in [1.82, 2.24) is 0 Å². The minimum atomic E-state index is -0.425. The van der Waals surface area contributed by atoms with Crippen molar-refractivity contribution in [3.05, 3.63) is 30.7 Å². The van der Waals surface area contributed by atoms with Gasteiger partial charge in [0, 0.05) is 0 Å². The van der Waals surface area contributed by atoms with Gasteiger partial charge in [-0.15, -0.1) is 0 Å². The third-order valence-corrected chi connectivity index (χ3v) is 1.85. The Morgan fingerprint density at radius 1 is 1.27 bits per heavy atom. The van der Waals surface area contributed by atoms with E-state index < -0.39 is 5.97 Å². The maximum absolute atomic E-state index is 11.4. The summed E-state index contributed by atoms with van der Waals surface area (Å²) in [6.45, 7) is 3.53. The van der Waals surface area contributed by atoms with Gasteiger partial charge in [0.05, 0.1) is 26.4 Å². The van der Waals surface area contributed by atoms with Crippen molar-refractivity contribution in [3.8, 4) is 11.5 Å². The number of ether oxygens (including phenoxy) is 3. The highest BCUT2D eigenvalue weighted by molar-refractivity contribution is 5.90. The molecule has 1 rings (SSSR count). The summed E-state index contributed by atoms with van der Waals surface area (Å²) >= 11 is 0. The largest absolute Gasteiger partial charge is 0.493 e. The van der Waals surface area contributed by atoms with Crippen molar-refractivity contribution in [2.24, 2.45) is 0 Å². The minimum absolute atomic E-state index is 0.104. The molecular weight excluding hydrogens is 196 g/mol. The first-order valence-electron chi connectivity index (χ1n) is 4.41. The molecule has 1 aromatic carbocycles. The maximum atomic E-state index is 11.4. The van der Waals surface area contributed by atoms with Crippen LogP contribution in [0.2, 0.25) is 0 Å². The molecule has 1 aromatic rings. The molecule has 0 amide bonds. The van der Waals surface area contributed by atoms with Crippen LogP contribution in [-0.2, 0) is 4.74 Å². The summed E-state index contributed by atoms with van der Waals surface area (Å²) in [5.41, 5.74) is 0.413. The fourth-order valence-electron chi connectivity index (χ4n) is 1.14. The van der Waals surface area contributed by atoms with Gasteiger partial charge in [-0.25, -0.2) is 4.79 Å². The summed E-state index contributed by atoms with van der Waals surface area (Å²) in [5, 5.41) is 0. The number of carbonyl (C=O) groups excluding carboxylic acids is 1. The second-order valence-electron chi connectivity index (χ2n) is 2.71. The molecule has 4 heteroatoms. The van der Waals surface area contributed by atoms with Gasteiger partial charge in [0.1, 0.15) is 0 Å². The first kappa shape index (κ1) is 11.4. The van der Waals surface area contributed by atoms with Crippen molar-refractivity contribution in [2.75, 3.05) is 20.8 Å². The SMILES string of the molecule is [CH2]COC(=O)c1ccc(OC)c(OC)c1. The van der Waals surface area contributed by atoms with E-state index in [9.17, 15) is 4.79 Å². The molecule has 1 radical (unpaired) electrons. The van der Waals surface area contributed by atoms with E-state index in [2.05, 4.69) is 6.92 Å². The molecule has 0 atom stereocenters. The predicted octanol–water partition coefficient (Wildman–Crippen LogP) is 1.69. The van der Waals surface area contributed by atoms with Crippen LogP contribution in [0.3, 0.4) is 0 Å². The standard InChI is InChI=1S/C11H13O4/c1-4-15-11(12)8-5-6-9(13-2)10(7-8)14-3/h5-7H,1,4H2,2-3H3. The minimum Gasteiger partial charge on any atom is -0.493 e. The van der Waals surface area contributed by atoms with Crippen LogP contribution in [0.4, 0.5) is 0 Å². The van der Waals surface area contributed by atoms with Crippen molar-refractivity contribution < 1.29 is 19.0 Å². The Labute approximate surface area is 88.8 Å². The van der Waals surface area contributed by atoms with Gasteiger partial charge in [-0.05, 0) is 25.1 Å². The fraction of sp³-hybridized carbons (Fsp3) is 0.273. The number of benzene rings is 1. The molecule has 0 aliphatic carbocycles. The van der Waals surface area contributed by atoms with Gasteiger partial charge < -0.3 is 14.2 Å². The number of esters is 1. The highest BCUT2D eigenvalue weighted by atomic mass is 16.5. The summed E-state index contributed by atoms with van der Waals surface area (Å²) in [7, 11) is 3.04. The van der Waals surface area contributed by atoms with Crippen molar-refractivity contribution in [1.29, 1.82) is 0 Å². The fourth-order valence-corrected chi connectivity index (χ4v) is 1.14. The zero-order valence-electron chi connectivity index (χ0n) is 8.78. The summed E-state index contributed by atoms with van der Waals surface area (Å²) in [6.07, 6.45) is 0. The van der Waals surface area contributed by atoms with Crippen LogP contribution in [0.25, 0.3) is 0 Å². The zero-order valence-corrected chi connectivity index (χ0v) is 8.78. The second-order valence-corrected chi connectivity index (χ2v) is 2.71. The van der Waals surface area contributed by atoms with E-state index in [0.717, 1.165) is 0 Å². The molecule has 0 aliphatic heterocycles. The smallest absolute Gasteiger partial charge is 0.338 e. The molecule has 81 valence electrons. The lowest BCUT2D eigenvalue weighted by atomic mass is 10.2. The van der Waals surface area contributed by atoms with Crippen LogP contribution in [0, 0.1) is 6.92 Å². The Bertz CT molecular complexity index is 346. The van der Waals surface area contributed by atoms with Crippen molar-refractivity contribution in [2.45, 2.75) is 0 Å². The molecule has 0 N–H and O–H groups in total. The summed E-state index contributed by atoms with van der Waals surface area (Å²) in [5.74, 6) is 0.644. The Kier molecular flexibility index (Phi) is 3.97. The average Bonchev–Trinajstić information content (AvgIpc) is 2.28. The average molecular weight is 209 g/mol. The van der Waals surface area contributed by atoms with E-state index in [1.807, 2.05) is 0 Å². The van der Waals surface area contributed by atoms with Crippen LogP contribution in [0.5, 0.6) is 11.5 Å². The van der Waals surface area contributed by atoms with Gasteiger partial charge in [0.2, 0.25) is 0 Å². The molecule has 15 heavy (non-hydrogen) atoms. The number of rotatable bonds is 4. The monoisotopic (exact) mass is 209 g/mol. The molecule has 0 aliphatic rings. The molecule has 0 saturated heterocycles. The first-order valence-corrected chi connectivity index (χ1v) is 4.41. The lowest BCUT2D eigenvalue weighted by Gasteiger charge is -2.08.